The number of ether oxygens (including phenoxy) is 3. The molecule has 0 spiro atoms. The number of benzene rings is 2. The van der Waals surface area contributed by atoms with Crippen LogP contribution in [-0.4, -0.2) is 19.3 Å². The van der Waals surface area contributed by atoms with Gasteiger partial charge in [-0.15, -0.1) is 6.58 Å². The normalized spacial score (nSPS) is 18.5. The largest absolute Gasteiger partial charge is 0.490 e. The van der Waals surface area contributed by atoms with E-state index in [1.165, 1.54) is 17.7 Å². The molecular weight excluding hydrogens is 398 g/mol. The molecule has 1 fully saturated rings. The molecule has 1 heterocycles. The van der Waals surface area contributed by atoms with Crippen LogP contribution in [-0.2, 0) is 11.3 Å². The van der Waals surface area contributed by atoms with E-state index in [-0.39, 0.29) is 18.1 Å². The Bertz CT molecular complexity index is 827. The van der Waals surface area contributed by atoms with Crippen molar-refractivity contribution in [3.05, 3.63) is 71.8 Å². The van der Waals surface area contributed by atoms with Gasteiger partial charge in [-0.2, -0.15) is 8.78 Å². The zero-order chi connectivity index (χ0) is 22.1. The summed E-state index contributed by atoms with van der Waals surface area (Å²) in [5.74, 6) is -1.83. The van der Waals surface area contributed by atoms with Crippen molar-refractivity contribution in [2.45, 2.75) is 64.1 Å². The highest BCUT2D eigenvalue weighted by molar-refractivity contribution is 5.35. The molecule has 2 atom stereocenters. The fraction of sp³-hybridized carbons (Fsp3) is 0.462. The highest BCUT2D eigenvalue weighted by Crippen LogP contribution is 2.31. The summed E-state index contributed by atoms with van der Waals surface area (Å²) in [5, 5.41) is 0. The Morgan fingerprint density at radius 2 is 1.74 bits per heavy atom. The van der Waals surface area contributed by atoms with Crippen molar-refractivity contribution in [2.24, 2.45) is 0 Å². The van der Waals surface area contributed by atoms with E-state index in [0.29, 0.717) is 18.6 Å². The maximum atomic E-state index is 14.3. The third kappa shape index (κ3) is 6.54. The van der Waals surface area contributed by atoms with Crippen LogP contribution in [0.4, 0.5) is 8.78 Å². The fourth-order valence-corrected chi connectivity index (χ4v) is 3.71. The third-order valence-corrected chi connectivity index (χ3v) is 5.68. The molecule has 3 rings (SSSR count). The van der Waals surface area contributed by atoms with Crippen molar-refractivity contribution >= 4 is 0 Å². The molecule has 5 heteroatoms. The Labute approximate surface area is 184 Å². The molecule has 0 bridgehead atoms. The molecule has 1 saturated heterocycles. The molecule has 3 nitrogen and oxygen atoms in total. The molecule has 0 saturated carbocycles. The predicted molar refractivity (Wildman–Crippen MR) is 119 cm³/mol. The van der Waals surface area contributed by atoms with E-state index >= 15 is 0 Å². The molecule has 0 aliphatic carbocycles. The minimum Gasteiger partial charge on any atom is -0.490 e. The molecule has 168 valence electrons. The second-order valence-electron chi connectivity index (χ2n) is 8.02. The van der Waals surface area contributed by atoms with Crippen molar-refractivity contribution < 1.29 is 23.0 Å². The van der Waals surface area contributed by atoms with Crippen LogP contribution in [0.1, 0.15) is 62.5 Å². The van der Waals surface area contributed by atoms with Crippen LogP contribution in [0.5, 0.6) is 11.5 Å². The van der Waals surface area contributed by atoms with Gasteiger partial charge in [0.15, 0.2) is 11.5 Å². The average molecular weight is 431 g/mol. The van der Waals surface area contributed by atoms with Gasteiger partial charge in [-0.25, -0.2) is 0 Å². The second-order valence-corrected chi connectivity index (χ2v) is 8.02. The zero-order valence-corrected chi connectivity index (χ0v) is 18.2. The summed E-state index contributed by atoms with van der Waals surface area (Å²) < 4.78 is 45.3. The van der Waals surface area contributed by atoms with Crippen molar-refractivity contribution in [2.75, 3.05) is 13.2 Å². The van der Waals surface area contributed by atoms with Crippen LogP contribution in [0.2, 0.25) is 0 Å². The molecule has 2 aromatic rings. The molecule has 0 N–H and O–H groups in total. The number of allylic oxidation sites excluding steroid dienone is 1. The van der Waals surface area contributed by atoms with Crippen LogP contribution in [0.25, 0.3) is 0 Å². The number of hydrogen-bond donors (Lipinski definition) is 0. The van der Waals surface area contributed by atoms with E-state index < -0.39 is 11.6 Å². The highest BCUT2D eigenvalue weighted by Gasteiger charge is 2.22. The lowest BCUT2D eigenvalue weighted by atomic mass is 9.90. The molecule has 31 heavy (non-hydrogen) atoms. The van der Waals surface area contributed by atoms with Crippen LogP contribution in [0.3, 0.4) is 0 Å². The average Bonchev–Trinajstić information content (AvgIpc) is 2.81. The molecule has 0 amide bonds. The van der Waals surface area contributed by atoms with E-state index in [4.69, 9.17) is 14.2 Å². The molecule has 1 aliphatic rings. The Hall–Kier alpha value is -2.40. The molecule has 0 aromatic heterocycles. The summed E-state index contributed by atoms with van der Waals surface area (Å²) in [6, 6.07) is 10.9. The minimum absolute atomic E-state index is 0.0796. The highest BCUT2D eigenvalue weighted by atomic mass is 19.2. The SMILES string of the molecule is C=CCCC1CCC(c2ccc(COc3ccc(OCCCC)c(F)c3F)cc2)CO1. The molecule has 2 unspecified atom stereocenters. The van der Waals surface area contributed by atoms with E-state index in [0.717, 1.165) is 50.7 Å². The number of unbranched alkanes of at least 4 members (excludes halogenated alkanes) is 1. The van der Waals surface area contributed by atoms with Gasteiger partial charge in [0.25, 0.3) is 0 Å². The van der Waals surface area contributed by atoms with Gasteiger partial charge < -0.3 is 14.2 Å². The molecule has 2 aromatic carbocycles. The number of hydrogen-bond acceptors (Lipinski definition) is 3. The third-order valence-electron chi connectivity index (χ3n) is 5.68. The van der Waals surface area contributed by atoms with Gasteiger partial charge >= 0.3 is 0 Å². The Balaban J connectivity index is 1.51. The van der Waals surface area contributed by atoms with Crippen molar-refractivity contribution in [3.63, 3.8) is 0 Å². The summed E-state index contributed by atoms with van der Waals surface area (Å²) in [5.41, 5.74) is 2.13. The van der Waals surface area contributed by atoms with E-state index in [9.17, 15) is 8.78 Å². The summed E-state index contributed by atoms with van der Waals surface area (Å²) in [6.45, 7) is 7.03. The number of rotatable bonds is 11. The lowest BCUT2D eigenvalue weighted by molar-refractivity contribution is -0.000178. The van der Waals surface area contributed by atoms with Crippen molar-refractivity contribution in [1.82, 2.24) is 0 Å². The zero-order valence-electron chi connectivity index (χ0n) is 18.2. The van der Waals surface area contributed by atoms with Crippen LogP contribution in [0, 0.1) is 11.6 Å². The summed E-state index contributed by atoms with van der Waals surface area (Å²) in [4.78, 5) is 0. The number of halogens is 2. The van der Waals surface area contributed by atoms with Gasteiger partial charge in [0.05, 0.1) is 19.3 Å². The van der Waals surface area contributed by atoms with Gasteiger partial charge in [0.2, 0.25) is 11.6 Å². The second kappa shape index (κ2) is 11.8. The van der Waals surface area contributed by atoms with Crippen LogP contribution in [0.15, 0.2) is 49.1 Å². The smallest absolute Gasteiger partial charge is 0.204 e. The van der Waals surface area contributed by atoms with Gasteiger partial charge in [-0.3, -0.25) is 0 Å². The molecule has 1 aliphatic heterocycles. The summed E-state index contributed by atoms with van der Waals surface area (Å²) >= 11 is 0. The van der Waals surface area contributed by atoms with Gasteiger partial charge in [0, 0.05) is 5.92 Å². The predicted octanol–water partition coefficient (Wildman–Crippen LogP) is 6.95. The fourth-order valence-electron chi connectivity index (χ4n) is 3.71. The molecular formula is C26H32F2O3. The van der Waals surface area contributed by atoms with Crippen molar-refractivity contribution in [3.8, 4) is 11.5 Å². The first kappa shape index (κ1) is 23.3. The Morgan fingerprint density at radius 3 is 2.35 bits per heavy atom. The Kier molecular flexibility index (Phi) is 8.89. The van der Waals surface area contributed by atoms with Crippen LogP contribution >= 0.6 is 0 Å². The quantitative estimate of drug-likeness (QED) is 0.285. The minimum atomic E-state index is -1.02. The monoisotopic (exact) mass is 430 g/mol. The van der Waals surface area contributed by atoms with E-state index in [2.05, 4.69) is 18.7 Å². The summed E-state index contributed by atoms with van der Waals surface area (Å²) in [6.07, 6.45) is 8.18. The van der Waals surface area contributed by atoms with Gasteiger partial charge in [0.1, 0.15) is 6.61 Å². The first-order valence-corrected chi connectivity index (χ1v) is 11.2. The standard InChI is InChI=1S/C26H32F2O3/c1-3-5-7-22-13-12-21(18-30-22)20-10-8-19(9-11-20)17-31-24-15-14-23(25(27)26(24)28)29-16-6-4-2/h3,8-11,14-15,21-22H,1,4-7,12-13,16-18H2,2H3. The lowest BCUT2D eigenvalue weighted by Gasteiger charge is -2.29. The summed E-state index contributed by atoms with van der Waals surface area (Å²) in [7, 11) is 0. The Morgan fingerprint density at radius 1 is 1.03 bits per heavy atom. The topological polar surface area (TPSA) is 27.7 Å². The first-order valence-electron chi connectivity index (χ1n) is 11.2. The van der Waals surface area contributed by atoms with Gasteiger partial charge in [-0.1, -0.05) is 43.7 Å². The first-order chi connectivity index (χ1) is 15.1. The van der Waals surface area contributed by atoms with E-state index in [1.54, 1.807) is 0 Å². The maximum absolute atomic E-state index is 14.3. The van der Waals surface area contributed by atoms with E-state index in [1.807, 2.05) is 25.1 Å². The van der Waals surface area contributed by atoms with Crippen molar-refractivity contribution in [1.29, 1.82) is 0 Å². The van der Waals surface area contributed by atoms with Gasteiger partial charge in [-0.05, 0) is 55.4 Å². The maximum Gasteiger partial charge on any atom is 0.204 e. The lowest BCUT2D eigenvalue weighted by Crippen LogP contribution is -2.24. The van der Waals surface area contributed by atoms with Crippen LogP contribution < -0.4 is 9.47 Å². The molecule has 0 radical (unpaired) electrons.